The second-order valence-electron chi connectivity index (χ2n) is 2.91. The normalized spacial score (nSPS) is 9.20. The van der Waals surface area contributed by atoms with Crippen LogP contribution >= 0.6 is 35.0 Å². The average Bonchev–Trinajstić information content (AvgIpc) is 2.18. The van der Waals surface area contributed by atoms with E-state index in [0.29, 0.717) is 13.0 Å². The molecule has 5 heteroatoms. The number of hydrogen-bond acceptors (Lipinski definition) is 2. The number of amides is 1. The van der Waals surface area contributed by atoms with Crippen molar-refractivity contribution in [3.8, 4) is 0 Å². The third kappa shape index (κ3) is 5.96. The topological polar surface area (TPSA) is 41.1 Å². The zero-order valence-electron chi connectivity index (χ0n) is 8.42. The highest BCUT2D eigenvalue weighted by Gasteiger charge is 2.00. The Morgan fingerprint density at radius 2 is 1.93 bits per heavy atom. The zero-order valence-corrected chi connectivity index (χ0v) is 11.4. The Balaban J connectivity index is 0.00000196. The first-order valence-electron chi connectivity index (χ1n) is 4.42. The van der Waals surface area contributed by atoms with E-state index in [1.807, 2.05) is 31.3 Å². The van der Waals surface area contributed by atoms with Crippen LogP contribution in [0.15, 0.2) is 24.3 Å². The van der Waals surface area contributed by atoms with E-state index in [9.17, 15) is 4.79 Å². The Bertz CT molecular complexity index is 303. The van der Waals surface area contributed by atoms with Gasteiger partial charge < -0.3 is 10.6 Å². The quantitative estimate of drug-likeness (QED) is 0.826. The fraction of sp³-hybridized carbons (Fsp3) is 0.300. The summed E-state index contributed by atoms with van der Waals surface area (Å²) < 4.78 is 1.16. The molecule has 1 amide bonds. The third-order valence-electron chi connectivity index (χ3n) is 1.73. The Morgan fingerprint density at radius 1 is 1.33 bits per heavy atom. The van der Waals surface area contributed by atoms with Crippen molar-refractivity contribution in [1.29, 1.82) is 0 Å². The maximum Gasteiger partial charge on any atom is 0.225 e. The molecule has 0 aliphatic heterocycles. The Kier molecular flexibility index (Phi) is 7.72. The van der Waals surface area contributed by atoms with Crippen molar-refractivity contribution in [1.82, 2.24) is 5.32 Å². The van der Waals surface area contributed by atoms with Crippen LogP contribution in [0, 0.1) is 3.57 Å². The molecule has 0 radical (unpaired) electrons. The molecule has 0 saturated carbocycles. The van der Waals surface area contributed by atoms with Crippen molar-refractivity contribution in [3.63, 3.8) is 0 Å². The second-order valence-corrected chi connectivity index (χ2v) is 4.15. The Labute approximate surface area is 110 Å². The number of carbonyl (C=O) groups is 1. The van der Waals surface area contributed by atoms with Crippen molar-refractivity contribution in [3.05, 3.63) is 27.8 Å². The van der Waals surface area contributed by atoms with Gasteiger partial charge in [-0.15, -0.1) is 12.4 Å². The molecule has 1 aromatic rings. The van der Waals surface area contributed by atoms with Crippen molar-refractivity contribution >= 4 is 46.6 Å². The summed E-state index contributed by atoms with van der Waals surface area (Å²) in [5.41, 5.74) is 0.853. The van der Waals surface area contributed by atoms with E-state index in [-0.39, 0.29) is 18.3 Å². The minimum atomic E-state index is 0. The van der Waals surface area contributed by atoms with Crippen LogP contribution in [-0.4, -0.2) is 19.5 Å². The van der Waals surface area contributed by atoms with Crippen molar-refractivity contribution in [2.24, 2.45) is 0 Å². The summed E-state index contributed by atoms with van der Waals surface area (Å²) in [6.45, 7) is 0.705. The fourth-order valence-electron chi connectivity index (χ4n) is 0.995. The smallest absolute Gasteiger partial charge is 0.225 e. The SMILES string of the molecule is CNCCC(=O)Nc1ccc(I)cc1.Cl. The zero-order chi connectivity index (χ0) is 10.4. The summed E-state index contributed by atoms with van der Waals surface area (Å²) in [4.78, 5) is 11.3. The minimum absolute atomic E-state index is 0. The first-order chi connectivity index (χ1) is 6.72. The van der Waals surface area contributed by atoms with Crippen LogP contribution in [0.4, 0.5) is 5.69 Å². The Hall–Kier alpha value is -0.330. The third-order valence-corrected chi connectivity index (χ3v) is 2.45. The van der Waals surface area contributed by atoms with Gasteiger partial charge in [0.2, 0.25) is 5.91 Å². The van der Waals surface area contributed by atoms with Crippen LogP contribution in [-0.2, 0) is 4.79 Å². The van der Waals surface area contributed by atoms with Crippen LogP contribution in [0.25, 0.3) is 0 Å². The van der Waals surface area contributed by atoms with Crippen LogP contribution in [0.5, 0.6) is 0 Å². The van der Waals surface area contributed by atoms with Gasteiger partial charge in [-0.05, 0) is 53.9 Å². The summed E-state index contributed by atoms with van der Waals surface area (Å²) in [5.74, 6) is 0.0422. The van der Waals surface area contributed by atoms with Crippen LogP contribution in [0.2, 0.25) is 0 Å². The van der Waals surface area contributed by atoms with Crippen LogP contribution < -0.4 is 10.6 Å². The predicted octanol–water partition coefficient (Wildman–Crippen LogP) is 2.26. The first kappa shape index (κ1) is 14.7. The molecule has 2 N–H and O–H groups in total. The largest absolute Gasteiger partial charge is 0.326 e. The number of halogens is 2. The molecule has 0 unspecified atom stereocenters. The van der Waals surface area contributed by atoms with Crippen LogP contribution in [0.1, 0.15) is 6.42 Å². The van der Waals surface area contributed by atoms with Crippen molar-refractivity contribution < 1.29 is 4.79 Å². The fourth-order valence-corrected chi connectivity index (χ4v) is 1.35. The molecule has 15 heavy (non-hydrogen) atoms. The lowest BCUT2D eigenvalue weighted by atomic mass is 10.3. The molecule has 0 aliphatic carbocycles. The molecule has 0 atom stereocenters. The van der Waals surface area contributed by atoms with E-state index >= 15 is 0 Å². The molecule has 1 rings (SSSR count). The maximum atomic E-state index is 11.3. The lowest BCUT2D eigenvalue weighted by Gasteiger charge is -2.04. The Morgan fingerprint density at radius 3 is 2.47 bits per heavy atom. The number of rotatable bonds is 4. The molecule has 84 valence electrons. The minimum Gasteiger partial charge on any atom is -0.326 e. The molecule has 0 fully saturated rings. The number of nitrogens with one attached hydrogen (secondary N) is 2. The molecule has 3 nitrogen and oxygen atoms in total. The van der Waals surface area contributed by atoms with E-state index < -0.39 is 0 Å². The van der Waals surface area contributed by atoms with E-state index in [0.717, 1.165) is 9.26 Å². The molecule has 0 saturated heterocycles. The molecule has 0 heterocycles. The summed E-state index contributed by atoms with van der Waals surface area (Å²) in [6.07, 6.45) is 0.502. The number of carbonyl (C=O) groups excluding carboxylic acids is 1. The summed E-state index contributed by atoms with van der Waals surface area (Å²) >= 11 is 2.23. The molecule has 0 aliphatic rings. The second kappa shape index (κ2) is 7.90. The number of benzene rings is 1. The molecular weight excluding hydrogens is 326 g/mol. The highest BCUT2D eigenvalue weighted by atomic mass is 127. The average molecular weight is 341 g/mol. The highest BCUT2D eigenvalue weighted by molar-refractivity contribution is 14.1. The molecule has 0 aromatic heterocycles. The summed E-state index contributed by atoms with van der Waals surface area (Å²) in [7, 11) is 1.83. The monoisotopic (exact) mass is 340 g/mol. The van der Waals surface area contributed by atoms with Gasteiger partial charge in [0.25, 0.3) is 0 Å². The number of hydrogen-bond donors (Lipinski definition) is 2. The van der Waals surface area contributed by atoms with Gasteiger partial charge in [-0.25, -0.2) is 0 Å². The summed E-state index contributed by atoms with van der Waals surface area (Å²) in [5, 5.41) is 5.75. The summed E-state index contributed by atoms with van der Waals surface area (Å²) in [6, 6.07) is 7.74. The van der Waals surface area contributed by atoms with E-state index in [2.05, 4.69) is 33.2 Å². The molecule has 0 bridgehead atoms. The van der Waals surface area contributed by atoms with Gasteiger partial charge >= 0.3 is 0 Å². The van der Waals surface area contributed by atoms with Gasteiger partial charge in [0, 0.05) is 22.2 Å². The molecule has 1 aromatic carbocycles. The van der Waals surface area contributed by atoms with E-state index in [4.69, 9.17) is 0 Å². The van der Waals surface area contributed by atoms with Crippen molar-refractivity contribution in [2.45, 2.75) is 6.42 Å². The first-order valence-corrected chi connectivity index (χ1v) is 5.50. The van der Waals surface area contributed by atoms with Gasteiger partial charge in [0.1, 0.15) is 0 Å². The van der Waals surface area contributed by atoms with E-state index in [1.54, 1.807) is 0 Å². The van der Waals surface area contributed by atoms with Gasteiger partial charge in [-0.2, -0.15) is 0 Å². The van der Waals surface area contributed by atoms with Gasteiger partial charge in [-0.1, -0.05) is 0 Å². The van der Waals surface area contributed by atoms with Gasteiger partial charge in [0.05, 0.1) is 0 Å². The molecular formula is C10H14ClIN2O. The highest BCUT2D eigenvalue weighted by Crippen LogP contribution is 2.10. The van der Waals surface area contributed by atoms with Gasteiger partial charge in [0.15, 0.2) is 0 Å². The van der Waals surface area contributed by atoms with Gasteiger partial charge in [-0.3, -0.25) is 4.79 Å². The number of anilines is 1. The lowest BCUT2D eigenvalue weighted by molar-refractivity contribution is -0.116. The van der Waals surface area contributed by atoms with E-state index in [1.165, 1.54) is 0 Å². The molecule has 0 spiro atoms. The van der Waals surface area contributed by atoms with Crippen LogP contribution in [0.3, 0.4) is 0 Å². The lowest BCUT2D eigenvalue weighted by Crippen LogP contribution is -2.18. The standard InChI is InChI=1S/C10H13IN2O.ClH/c1-12-7-6-10(14)13-9-4-2-8(11)3-5-9;/h2-5,12H,6-7H2,1H3,(H,13,14);1H. The predicted molar refractivity (Wildman–Crippen MR) is 73.6 cm³/mol. The maximum absolute atomic E-state index is 11.3. The van der Waals surface area contributed by atoms with Crippen molar-refractivity contribution in [2.75, 3.05) is 18.9 Å².